The van der Waals surface area contributed by atoms with Crippen LogP contribution in [0.15, 0.2) is 63.7 Å². The van der Waals surface area contributed by atoms with Gasteiger partial charge in [0.2, 0.25) is 0 Å². The molecule has 1 aliphatic heterocycles. The number of nitrogens with two attached hydrogens (primary N) is 1. The number of nitrogens with zero attached hydrogens (tertiary/aromatic N) is 2. The third kappa shape index (κ3) is 9.30. The Balaban J connectivity index is 2.85. The highest BCUT2D eigenvalue weighted by molar-refractivity contribution is 5.80. The van der Waals surface area contributed by atoms with Gasteiger partial charge in [-0.05, 0) is 56.8 Å². The lowest BCUT2D eigenvalue weighted by atomic mass is 10.0. The van der Waals surface area contributed by atoms with Crippen molar-refractivity contribution in [3.8, 4) is 0 Å². The number of aliphatic imine (C=N–C) groups is 1. The summed E-state index contributed by atoms with van der Waals surface area (Å²) in [6.07, 6.45) is 11.3. The van der Waals surface area contributed by atoms with Gasteiger partial charge in [-0.3, -0.25) is 10.3 Å². The van der Waals surface area contributed by atoms with E-state index in [9.17, 15) is 4.79 Å². The van der Waals surface area contributed by atoms with Gasteiger partial charge < -0.3 is 16.4 Å². The zero-order valence-electron chi connectivity index (χ0n) is 21.6. The second-order valence-electron chi connectivity index (χ2n) is 8.77. The molecule has 1 heterocycles. The van der Waals surface area contributed by atoms with Crippen LogP contribution in [0.25, 0.3) is 0 Å². The molecule has 7 heteroatoms. The molecule has 184 valence electrons. The molecule has 0 spiro atoms. The quantitative estimate of drug-likeness (QED) is 0.248. The first-order valence-corrected chi connectivity index (χ1v) is 11.9. The zero-order chi connectivity index (χ0) is 25.0. The Morgan fingerprint density at radius 1 is 1.30 bits per heavy atom. The van der Waals surface area contributed by atoms with E-state index in [-0.39, 0.29) is 6.03 Å². The number of carbonyl (C=O) groups is 1. The fraction of sp³-hybridized carbons (Fsp3) is 0.538. The van der Waals surface area contributed by atoms with Crippen LogP contribution in [0.4, 0.5) is 4.79 Å². The first-order valence-electron chi connectivity index (χ1n) is 11.9. The Bertz CT molecular complexity index is 814. The highest BCUT2D eigenvalue weighted by Gasteiger charge is 2.28. The molecule has 1 fully saturated rings. The van der Waals surface area contributed by atoms with Gasteiger partial charge in [0.1, 0.15) is 5.82 Å². The van der Waals surface area contributed by atoms with E-state index in [2.05, 4.69) is 61.3 Å². The van der Waals surface area contributed by atoms with E-state index in [1.165, 1.54) is 5.57 Å². The highest BCUT2D eigenvalue weighted by Crippen LogP contribution is 2.20. The van der Waals surface area contributed by atoms with Crippen LogP contribution in [-0.4, -0.2) is 37.0 Å². The second-order valence-corrected chi connectivity index (χ2v) is 8.77. The Labute approximate surface area is 200 Å². The Morgan fingerprint density at radius 2 is 2.00 bits per heavy atom. The summed E-state index contributed by atoms with van der Waals surface area (Å²) < 4.78 is 0. The maximum Gasteiger partial charge on any atom is 0.330 e. The van der Waals surface area contributed by atoms with Gasteiger partial charge in [0.25, 0.3) is 0 Å². The molecule has 0 aliphatic carbocycles. The molecule has 7 nitrogen and oxygen atoms in total. The summed E-state index contributed by atoms with van der Waals surface area (Å²) >= 11 is 0. The summed E-state index contributed by atoms with van der Waals surface area (Å²) in [5.41, 5.74) is 11.2. The Morgan fingerprint density at radius 3 is 2.52 bits per heavy atom. The van der Waals surface area contributed by atoms with E-state index in [0.29, 0.717) is 24.0 Å². The van der Waals surface area contributed by atoms with E-state index >= 15 is 0 Å². The van der Waals surface area contributed by atoms with Gasteiger partial charge in [-0.15, -0.1) is 0 Å². The predicted octanol–water partition coefficient (Wildman–Crippen LogP) is 4.89. The lowest BCUT2D eigenvalue weighted by Crippen LogP contribution is -2.63. The summed E-state index contributed by atoms with van der Waals surface area (Å²) in [5.74, 6) is 1.03. The minimum absolute atomic E-state index is 0.216. The van der Waals surface area contributed by atoms with Crippen LogP contribution in [0, 0.1) is 5.92 Å². The van der Waals surface area contributed by atoms with Gasteiger partial charge in [0, 0.05) is 31.2 Å². The maximum absolute atomic E-state index is 12.9. The van der Waals surface area contributed by atoms with Crippen LogP contribution >= 0.6 is 0 Å². The molecule has 0 aromatic heterocycles. The number of nitrogens with one attached hydrogen (secondary N) is 3. The van der Waals surface area contributed by atoms with E-state index in [1.54, 1.807) is 11.9 Å². The number of rotatable bonds is 12. The topological polar surface area (TPSA) is 94.8 Å². The average molecular weight is 457 g/mol. The summed E-state index contributed by atoms with van der Waals surface area (Å²) in [5, 5.41) is 9.50. The van der Waals surface area contributed by atoms with Crippen LogP contribution in [-0.2, 0) is 0 Å². The molecular formula is C26H44N6O. The summed E-state index contributed by atoms with van der Waals surface area (Å²) in [4.78, 5) is 18.6. The zero-order valence-corrected chi connectivity index (χ0v) is 21.6. The van der Waals surface area contributed by atoms with Gasteiger partial charge in [-0.25, -0.2) is 9.69 Å². The third-order valence-corrected chi connectivity index (χ3v) is 5.25. The third-order valence-electron chi connectivity index (χ3n) is 5.25. The average Bonchev–Trinajstić information content (AvgIpc) is 2.75. The molecule has 33 heavy (non-hydrogen) atoms. The number of hydrogen-bond acceptors (Lipinski definition) is 5. The van der Waals surface area contributed by atoms with Crippen molar-refractivity contribution in [2.24, 2.45) is 16.6 Å². The van der Waals surface area contributed by atoms with Crippen LogP contribution in [0.1, 0.15) is 67.2 Å². The molecule has 5 N–H and O–H groups in total. The second kappa shape index (κ2) is 14.4. The number of carbonyl (C=O) groups excluding carboxylic acids is 1. The van der Waals surface area contributed by atoms with Crippen molar-refractivity contribution in [1.29, 1.82) is 0 Å². The summed E-state index contributed by atoms with van der Waals surface area (Å²) in [6, 6.07) is -0.216. The van der Waals surface area contributed by atoms with Crippen LogP contribution < -0.4 is 21.7 Å². The molecule has 1 unspecified atom stereocenters. The fourth-order valence-corrected chi connectivity index (χ4v) is 3.62. The van der Waals surface area contributed by atoms with Gasteiger partial charge in [0.15, 0.2) is 6.29 Å². The SMILES string of the molecule is C=C1NC(NC/C(C)=C\C(N)=C(C=NC)CC(C)C)NC(=O)N1C(/C=C(/CC)CCC)=C/C. The van der Waals surface area contributed by atoms with E-state index < -0.39 is 6.29 Å². The lowest BCUT2D eigenvalue weighted by molar-refractivity contribution is 0.193. The number of amides is 2. The van der Waals surface area contributed by atoms with E-state index in [0.717, 1.165) is 42.5 Å². The highest BCUT2D eigenvalue weighted by atomic mass is 16.2. The summed E-state index contributed by atoms with van der Waals surface area (Å²) in [7, 11) is 1.75. The molecule has 1 rings (SSSR count). The van der Waals surface area contributed by atoms with Crippen molar-refractivity contribution in [1.82, 2.24) is 20.9 Å². The molecule has 1 aliphatic rings. The van der Waals surface area contributed by atoms with Crippen LogP contribution in [0.5, 0.6) is 0 Å². The lowest BCUT2D eigenvalue weighted by Gasteiger charge is -2.37. The van der Waals surface area contributed by atoms with Crippen molar-refractivity contribution < 1.29 is 4.79 Å². The fourth-order valence-electron chi connectivity index (χ4n) is 3.62. The van der Waals surface area contributed by atoms with Gasteiger partial charge in [-0.2, -0.15) is 0 Å². The Hall–Kier alpha value is -2.80. The van der Waals surface area contributed by atoms with Crippen molar-refractivity contribution >= 4 is 12.2 Å². The van der Waals surface area contributed by atoms with E-state index in [1.807, 2.05) is 32.2 Å². The maximum atomic E-state index is 12.9. The first kappa shape index (κ1) is 28.2. The Kier molecular flexibility index (Phi) is 12.3. The molecule has 1 saturated heterocycles. The van der Waals surface area contributed by atoms with Crippen molar-refractivity contribution in [3.63, 3.8) is 0 Å². The van der Waals surface area contributed by atoms with E-state index in [4.69, 9.17) is 5.73 Å². The molecule has 1 atom stereocenters. The normalized spacial score (nSPS) is 19.2. The van der Waals surface area contributed by atoms with Crippen LogP contribution in [0.2, 0.25) is 0 Å². The van der Waals surface area contributed by atoms with Gasteiger partial charge in [-0.1, -0.05) is 57.9 Å². The molecule has 0 saturated carbocycles. The number of hydrogen-bond donors (Lipinski definition) is 4. The largest absolute Gasteiger partial charge is 0.398 e. The number of urea groups is 1. The van der Waals surface area contributed by atoms with Crippen molar-refractivity contribution in [2.45, 2.75) is 73.5 Å². The monoisotopic (exact) mass is 456 g/mol. The van der Waals surface area contributed by atoms with Gasteiger partial charge >= 0.3 is 6.03 Å². The number of allylic oxidation sites excluding steroid dienone is 5. The minimum atomic E-state index is -0.425. The molecule has 2 amide bonds. The summed E-state index contributed by atoms with van der Waals surface area (Å²) in [6.45, 7) is 17.2. The predicted molar refractivity (Wildman–Crippen MR) is 140 cm³/mol. The van der Waals surface area contributed by atoms with Crippen molar-refractivity contribution in [3.05, 3.63) is 58.7 Å². The molecule has 0 radical (unpaired) electrons. The standard InChI is InChI=1S/C26H44N6O/c1-9-12-21(10-2)15-23(11-3)32-20(7)30-25(31-26(32)33)29-16-19(6)14-24(27)22(17-28-8)13-18(4)5/h11,14-15,17-18,25,29-30H,7,9-10,12-13,16,27H2,1-6,8H3,(H,31,33)/b19-14-,21-15-,23-11+,24-22?,28-17?. The molecule has 0 aromatic rings. The van der Waals surface area contributed by atoms with Gasteiger partial charge in [0.05, 0.1) is 0 Å². The first-order chi connectivity index (χ1) is 15.7. The minimum Gasteiger partial charge on any atom is -0.398 e. The molecule has 0 bridgehead atoms. The molecular weight excluding hydrogens is 412 g/mol. The van der Waals surface area contributed by atoms with Crippen LogP contribution in [0.3, 0.4) is 0 Å². The van der Waals surface area contributed by atoms with Crippen molar-refractivity contribution in [2.75, 3.05) is 13.6 Å². The molecule has 0 aromatic carbocycles. The smallest absolute Gasteiger partial charge is 0.330 e.